The minimum absolute atomic E-state index is 0.0416. The van der Waals surface area contributed by atoms with E-state index in [0.29, 0.717) is 0 Å². The highest BCUT2D eigenvalue weighted by molar-refractivity contribution is 9.10. The molecule has 3 nitrogen and oxygen atoms in total. The van der Waals surface area contributed by atoms with E-state index in [2.05, 4.69) is 4.74 Å². The van der Waals surface area contributed by atoms with Gasteiger partial charge in [0.25, 0.3) is 0 Å². The Hall–Kier alpha value is -0.230. The summed E-state index contributed by atoms with van der Waals surface area (Å²) >= 11 is 1.84. The first-order chi connectivity index (χ1) is 6.48. The molecule has 0 aromatic rings. The van der Waals surface area contributed by atoms with Gasteiger partial charge in [-0.3, -0.25) is 0 Å². The zero-order chi connectivity index (χ0) is 11.0. The largest absolute Gasteiger partial charge is 0.461 e. The summed E-state index contributed by atoms with van der Waals surface area (Å²) in [6, 6.07) is 0. The van der Waals surface area contributed by atoms with Crippen LogP contribution in [-0.4, -0.2) is 30.6 Å². The van der Waals surface area contributed by atoms with Crippen molar-refractivity contribution >= 4 is 21.9 Å². The topological polar surface area (TPSA) is 35.5 Å². The molecule has 0 aromatic heterocycles. The third kappa shape index (κ3) is 7.20. The summed E-state index contributed by atoms with van der Waals surface area (Å²) < 4.78 is 32.4. The molecule has 1 saturated heterocycles. The number of carbonyl (C=O) groups excluding carboxylic acids is 1. The molecule has 0 spiro atoms. The van der Waals surface area contributed by atoms with E-state index in [-0.39, 0.29) is 6.61 Å². The first-order valence-electron chi connectivity index (χ1n) is 4.30. The van der Waals surface area contributed by atoms with Crippen molar-refractivity contribution in [2.75, 3.05) is 19.8 Å². The normalized spacial score (nSPS) is 15.7. The van der Waals surface area contributed by atoms with Gasteiger partial charge in [0, 0.05) is 29.1 Å². The van der Waals surface area contributed by atoms with Crippen molar-refractivity contribution in [3.8, 4) is 0 Å². The Kier molecular flexibility index (Phi) is 7.00. The molecule has 0 atom stereocenters. The molecule has 84 valence electrons. The van der Waals surface area contributed by atoms with E-state index < -0.39 is 10.8 Å². The summed E-state index contributed by atoms with van der Waals surface area (Å²) in [5.41, 5.74) is 0. The number of halogens is 3. The molecule has 0 aliphatic carbocycles. The molecular weight excluding hydrogens is 262 g/mol. The van der Waals surface area contributed by atoms with Crippen LogP contribution in [0.4, 0.5) is 8.78 Å². The van der Waals surface area contributed by atoms with E-state index in [1.54, 1.807) is 0 Å². The number of hydrogen-bond donors (Lipinski definition) is 0. The number of ether oxygens (including phenoxy) is 2. The maximum atomic E-state index is 11.7. The lowest BCUT2D eigenvalue weighted by Gasteiger charge is -2.05. The Morgan fingerprint density at radius 3 is 2.14 bits per heavy atom. The molecule has 0 aromatic carbocycles. The van der Waals surface area contributed by atoms with E-state index in [0.717, 1.165) is 13.2 Å². The van der Waals surface area contributed by atoms with Crippen molar-refractivity contribution < 1.29 is 23.0 Å². The van der Waals surface area contributed by atoms with Gasteiger partial charge in [-0.1, -0.05) is 0 Å². The minimum atomic E-state index is -3.54. The molecule has 1 fully saturated rings. The lowest BCUT2D eigenvalue weighted by Crippen LogP contribution is -2.23. The van der Waals surface area contributed by atoms with E-state index in [9.17, 15) is 13.6 Å². The zero-order valence-corrected chi connectivity index (χ0v) is 9.48. The summed E-state index contributed by atoms with van der Waals surface area (Å²) in [5, 5.41) is 0. The predicted octanol–water partition coefficient (Wildman–Crippen LogP) is 2.33. The molecule has 1 rings (SSSR count). The van der Waals surface area contributed by atoms with Gasteiger partial charge in [-0.25, -0.2) is 4.79 Å². The van der Waals surface area contributed by atoms with Crippen LogP contribution in [0.2, 0.25) is 0 Å². The summed E-state index contributed by atoms with van der Waals surface area (Å²) in [4.78, 5) is 6.51. The Balaban J connectivity index is 0.000000280. The van der Waals surface area contributed by atoms with Crippen LogP contribution in [0.3, 0.4) is 0 Å². The Morgan fingerprint density at radius 1 is 1.50 bits per heavy atom. The minimum Gasteiger partial charge on any atom is -0.461 e. The molecule has 14 heavy (non-hydrogen) atoms. The fraction of sp³-hybridized carbons (Fsp3) is 0.875. The summed E-state index contributed by atoms with van der Waals surface area (Å²) in [6.45, 7) is 3.41. The number of rotatable bonds is 2. The SMILES string of the molecule is C1CCOC1.CCOC(=O)C(F)(F)Br. The second-order valence-corrected chi connectivity index (χ2v) is 3.53. The molecule has 1 heterocycles. The lowest BCUT2D eigenvalue weighted by molar-refractivity contribution is -0.158. The third-order valence-corrected chi connectivity index (χ3v) is 1.66. The van der Waals surface area contributed by atoms with Crippen molar-refractivity contribution in [3.63, 3.8) is 0 Å². The highest BCUT2D eigenvalue weighted by Crippen LogP contribution is 2.22. The lowest BCUT2D eigenvalue weighted by atomic mass is 10.4. The zero-order valence-electron chi connectivity index (χ0n) is 7.89. The third-order valence-electron chi connectivity index (χ3n) is 1.33. The van der Waals surface area contributed by atoms with Gasteiger partial charge in [-0.2, -0.15) is 8.78 Å². The molecule has 0 saturated carbocycles. The number of alkyl halides is 3. The van der Waals surface area contributed by atoms with Crippen LogP contribution < -0.4 is 0 Å². The van der Waals surface area contributed by atoms with Crippen LogP contribution in [0.25, 0.3) is 0 Å². The van der Waals surface area contributed by atoms with Crippen LogP contribution >= 0.6 is 15.9 Å². The van der Waals surface area contributed by atoms with Crippen molar-refractivity contribution in [2.45, 2.75) is 24.6 Å². The van der Waals surface area contributed by atoms with E-state index in [4.69, 9.17) is 4.74 Å². The van der Waals surface area contributed by atoms with Gasteiger partial charge in [-0.05, 0) is 19.8 Å². The van der Waals surface area contributed by atoms with Crippen LogP contribution in [0.5, 0.6) is 0 Å². The molecule has 1 aliphatic rings. The number of hydrogen-bond acceptors (Lipinski definition) is 3. The number of esters is 1. The molecular formula is C8H13BrF2O3. The second kappa shape index (κ2) is 7.11. The van der Waals surface area contributed by atoms with Crippen molar-refractivity contribution in [1.82, 2.24) is 0 Å². The molecule has 0 unspecified atom stereocenters. The van der Waals surface area contributed by atoms with Crippen LogP contribution in [0.15, 0.2) is 0 Å². The van der Waals surface area contributed by atoms with Crippen LogP contribution in [0, 0.1) is 0 Å². The van der Waals surface area contributed by atoms with E-state index in [1.165, 1.54) is 19.8 Å². The molecule has 0 amide bonds. The van der Waals surface area contributed by atoms with Crippen molar-refractivity contribution in [3.05, 3.63) is 0 Å². The van der Waals surface area contributed by atoms with Gasteiger partial charge >= 0.3 is 10.8 Å². The highest BCUT2D eigenvalue weighted by Gasteiger charge is 2.36. The monoisotopic (exact) mass is 274 g/mol. The highest BCUT2D eigenvalue weighted by atomic mass is 79.9. The molecule has 0 radical (unpaired) electrons. The predicted molar refractivity (Wildman–Crippen MR) is 50.6 cm³/mol. The van der Waals surface area contributed by atoms with Gasteiger partial charge in [-0.15, -0.1) is 0 Å². The van der Waals surface area contributed by atoms with Gasteiger partial charge in [0.05, 0.1) is 6.61 Å². The first-order valence-corrected chi connectivity index (χ1v) is 5.09. The summed E-state index contributed by atoms with van der Waals surface area (Å²) in [5.74, 6) is -1.55. The average molecular weight is 275 g/mol. The molecule has 0 N–H and O–H groups in total. The molecule has 1 aliphatic heterocycles. The van der Waals surface area contributed by atoms with E-state index >= 15 is 0 Å². The average Bonchev–Trinajstić information content (AvgIpc) is 2.59. The second-order valence-electron chi connectivity index (χ2n) is 2.54. The standard InChI is InChI=1S/C4H5BrF2O2.C4H8O/c1-2-9-3(8)4(5,6)7;1-2-4-5-3-1/h2H2,1H3;1-4H2. The summed E-state index contributed by atoms with van der Waals surface area (Å²) in [7, 11) is 0. The van der Waals surface area contributed by atoms with Crippen molar-refractivity contribution in [1.29, 1.82) is 0 Å². The van der Waals surface area contributed by atoms with Crippen molar-refractivity contribution in [2.24, 2.45) is 0 Å². The quantitative estimate of drug-likeness (QED) is 0.573. The molecule has 6 heteroatoms. The number of carbonyl (C=O) groups is 1. The van der Waals surface area contributed by atoms with Crippen LogP contribution in [0.1, 0.15) is 19.8 Å². The fourth-order valence-electron chi connectivity index (χ4n) is 0.723. The van der Waals surface area contributed by atoms with Gasteiger partial charge < -0.3 is 9.47 Å². The maximum Gasteiger partial charge on any atom is 0.395 e. The van der Waals surface area contributed by atoms with Gasteiger partial charge in [0.1, 0.15) is 0 Å². The van der Waals surface area contributed by atoms with Gasteiger partial charge in [0.2, 0.25) is 0 Å². The maximum absolute atomic E-state index is 11.7. The smallest absolute Gasteiger partial charge is 0.395 e. The van der Waals surface area contributed by atoms with Gasteiger partial charge in [0.15, 0.2) is 0 Å². The Bertz CT molecular complexity index is 159. The summed E-state index contributed by atoms with van der Waals surface area (Å²) in [6.07, 6.45) is 2.56. The van der Waals surface area contributed by atoms with Crippen LogP contribution in [-0.2, 0) is 14.3 Å². The molecule has 0 bridgehead atoms. The first kappa shape index (κ1) is 13.8. The Labute approximate surface area is 89.9 Å². The fourth-order valence-corrected chi connectivity index (χ4v) is 0.838. The van der Waals surface area contributed by atoms with E-state index in [1.807, 2.05) is 15.9 Å². The Morgan fingerprint density at radius 2 is 2.00 bits per heavy atom.